The van der Waals surface area contributed by atoms with Crippen LogP contribution in [-0.2, 0) is 0 Å². The van der Waals surface area contributed by atoms with Gasteiger partial charge in [0.1, 0.15) is 5.75 Å². The Bertz CT molecular complexity index is 693. The summed E-state index contributed by atoms with van der Waals surface area (Å²) in [6.07, 6.45) is 3.32. The Kier molecular flexibility index (Phi) is 3.89. The minimum atomic E-state index is -0.189. The fourth-order valence-electron chi connectivity index (χ4n) is 2.08. The van der Waals surface area contributed by atoms with Gasteiger partial charge in [-0.25, -0.2) is 14.8 Å². The molecule has 2 heterocycles. The van der Waals surface area contributed by atoms with E-state index < -0.39 is 0 Å². The minimum Gasteiger partial charge on any atom is -0.491 e. The zero-order chi connectivity index (χ0) is 15.7. The van der Waals surface area contributed by atoms with E-state index in [1.54, 1.807) is 30.4 Å². The summed E-state index contributed by atoms with van der Waals surface area (Å²) >= 11 is 1.31. The van der Waals surface area contributed by atoms with Gasteiger partial charge in [-0.15, -0.1) is 0 Å². The molecule has 0 fully saturated rings. The largest absolute Gasteiger partial charge is 0.491 e. The van der Waals surface area contributed by atoms with Crippen molar-refractivity contribution in [2.24, 2.45) is 0 Å². The molecule has 0 saturated heterocycles. The predicted molar refractivity (Wildman–Crippen MR) is 86.4 cm³/mol. The molecule has 2 amide bonds. The number of ether oxygens (including phenoxy) is 1. The first kappa shape index (κ1) is 14.6. The summed E-state index contributed by atoms with van der Waals surface area (Å²) < 4.78 is 7.17. The topological polar surface area (TPSA) is 58.6 Å². The van der Waals surface area contributed by atoms with Gasteiger partial charge in [0.25, 0.3) is 0 Å². The van der Waals surface area contributed by atoms with Crippen molar-refractivity contribution < 1.29 is 9.53 Å². The first-order valence-corrected chi connectivity index (χ1v) is 7.67. The van der Waals surface area contributed by atoms with Crippen LogP contribution in [0.1, 0.15) is 13.8 Å². The highest BCUT2D eigenvalue weighted by atomic mass is 32.2. The molecule has 0 saturated carbocycles. The Labute approximate surface area is 133 Å². The third-order valence-electron chi connectivity index (χ3n) is 3.05. The normalized spacial score (nSPS) is 14.3. The molecule has 2 aromatic rings. The van der Waals surface area contributed by atoms with Crippen LogP contribution in [-0.4, -0.2) is 29.2 Å². The van der Waals surface area contributed by atoms with Crippen LogP contribution in [0.4, 0.5) is 16.4 Å². The molecule has 1 aliphatic rings. The number of fused-ring (bicyclic) bond motifs is 1. The lowest BCUT2D eigenvalue weighted by Gasteiger charge is -2.32. The van der Waals surface area contributed by atoms with Crippen LogP contribution in [0.25, 0.3) is 0 Å². The van der Waals surface area contributed by atoms with Crippen molar-refractivity contribution in [1.29, 1.82) is 0 Å². The minimum absolute atomic E-state index is 0.0875. The number of carbonyl (C=O) groups excluding carboxylic acids is 1. The van der Waals surface area contributed by atoms with Gasteiger partial charge >= 0.3 is 6.03 Å². The quantitative estimate of drug-likeness (QED) is 0.813. The molecule has 7 heteroatoms. The van der Waals surface area contributed by atoms with Crippen LogP contribution in [0.5, 0.6) is 5.75 Å². The van der Waals surface area contributed by atoms with Gasteiger partial charge in [0, 0.05) is 37.5 Å². The molecule has 6 nitrogen and oxygen atoms in total. The van der Waals surface area contributed by atoms with E-state index in [1.165, 1.54) is 16.3 Å². The summed E-state index contributed by atoms with van der Waals surface area (Å²) in [6, 6.07) is 7.25. The third-order valence-corrected chi connectivity index (χ3v) is 4.09. The highest BCUT2D eigenvalue weighted by Gasteiger charge is 2.31. The second-order valence-corrected chi connectivity index (χ2v) is 6.06. The lowest BCUT2D eigenvalue weighted by molar-refractivity contribution is 0.242. The Hall–Kier alpha value is -2.28. The monoisotopic (exact) mass is 316 g/mol. The molecule has 114 valence electrons. The number of hydrogen-bond donors (Lipinski definition) is 0. The van der Waals surface area contributed by atoms with E-state index in [1.807, 2.05) is 32.0 Å². The summed E-state index contributed by atoms with van der Waals surface area (Å²) in [7, 11) is 1.73. The summed E-state index contributed by atoms with van der Waals surface area (Å²) in [6.45, 7) is 3.94. The lowest BCUT2D eigenvalue weighted by atomic mass is 10.2. The maximum atomic E-state index is 12.5. The van der Waals surface area contributed by atoms with Gasteiger partial charge in [-0.1, -0.05) is 0 Å². The van der Waals surface area contributed by atoms with Crippen LogP contribution in [0.15, 0.2) is 41.6 Å². The average molecular weight is 316 g/mol. The molecule has 0 radical (unpaired) electrons. The molecule has 0 atom stereocenters. The van der Waals surface area contributed by atoms with E-state index in [2.05, 4.69) is 9.97 Å². The molecule has 22 heavy (non-hydrogen) atoms. The molecule has 0 bridgehead atoms. The van der Waals surface area contributed by atoms with E-state index in [4.69, 9.17) is 4.74 Å². The van der Waals surface area contributed by atoms with Gasteiger partial charge in [-0.2, -0.15) is 4.31 Å². The number of aromatic nitrogens is 2. The van der Waals surface area contributed by atoms with Crippen molar-refractivity contribution in [2.45, 2.75) is 24.8 Å². The molecule has 1 aromatic carbocycles. The first-order chi connectivity index (χ1) is 10.6. The number of anilines is 2. The van der Waals surface area contributed by atoms with Crippen LogP contribution in [0.3, 0.4) is 0 Å². The first-order valence-electron chi connectivity index (χ1n) is 6.90. The van der Waals surface area contributed by atoms with E-state index in [0.717, 1.165) is 16.3 Å². The van der Waals surface area contributed by atoms with Gasteiger partial charge in [-0.3, -0.25) is 4.90 Å². The van der Waals surface area contributed by atoms with E-state index >= 15 is 0 Å². The molecule has 0 aliphatic carbocycles. The number of rotatable bonds is 3. The molecule has 0 spiro atoms. The molecule has 0 unspecified atom stereocenters. The number of hydrogen-bond acceptors (Lipinski definition) is 5. The van der Waals surface area contributed by atoms with E-state index in [0.29, 0.717) is 5.95 Å². The van der Waals surface area contributed by atoms with Crippen molar-refractivity contribution >= 4 is 29.6 Å². The fraction of sp³-hybridized carbons (Fsp3) is 0.267. The second-order valence-electron chi connectivity index (χ2n) is 5.07. The number of urea groups is 1. The average Bonchev–Trinajstić information content (AvgIpc) is 2.51. The second kappa shape index (κ2) is 5.84. The molecular weight excluding hydrogens is 300 g/mol. The number of nitrogens with zero attached hydrogens (tertiary/aromatic N) is 4. The lowest BCUT2D eigenvalue weighted by Crippen LogP contribution is -2.41. The summed E-state index contributed by atoms with van der Waals surface area (Å²) in [4.78, 5) is 23.3. The van der Waals surface area contributed by atoms with Gasteiger partial charge < -0.3 is 4.74 Å². The zero-order valence-corrected chi connectivity index (χ0v) is 13.4. The maximum Gasteiger partial charge on any atom is 0.341 e. The Morgan fingerprint density at radius 2 is 1.95 bits per heavy atom. The number of benzene rings is 1. The third kappa shape index (κ3) is 2.71. The van der Waals surface area contributed by atoms with Gasteiger partial charge in [0.05, 0.1) is 16.7 Å². The molecule has 3 rings (SSSR count). The van der Waals surface area contributed by atoms with Gasteiger partial charge in [0.15, 0.2) is 0 Å². The fourth-order valence-corrected chi connectivity index (χ4v) is 3.07. The van der Waals surface area contributed by atoms with Crippen molar-refractivity contribution in [3.63, 3.8) is 0 Å². The van der Waals surface area contributed by atoms with Crippen LogP contribution in [0, 0.1) is 0 Å². The van der Waals surface area contributed by atoms with Crippen LogP contribution < -0.4 is 13.9 Å². The summed E-state index contributed by atoms with van der Waals surface area (Å²) in [5, 5.41) is 0. The van der Waals surface area contributed by atoms with Crippen molar-refractivity contribution in [2.75, 3.05) is 16.3 Å². The summed E-state index contributed by atoms with van der Waals surface area (Å²) in [5.41, 5.74) is 0.820. The smallest absolute Gasteiger partial charge is 0.341 e. The maximum absolute atomic E-state index is 12.5. The highest BCUT2D eigenvalue weighted by molar-refractivity contribution is 8.01. The molecule has 1 aromatic heterocycles. The van der Waals surface area contributed by atoms with Crippen molar-refractivity contribution in [3.05, 3.63) is 36.7 Å². The Balaban J connectivity index is 1.95. The van der Waals surface area contributed by atoms with Gasteiger partial charge in [-0.05, 0) is 32.0 Å². The Morgan fingerprint density at radius 3 is 2.64 bits per heavy atom. The number of amides is 2. The molecular formula is C15H16N4O2S. The zero-order valence-electron chi connectivity index (χ0n) is 12.6. The SMILES string of the molecule is CC(C)Oc1ccc2c(c1)N(C)C(=O)N(c1ncccn1)S2. The van der Waals surface area contributed by atoms with E-state index in [-0.39, 0.29) is 12.1 Å². The van der Waals surface area contributed by atoms with Crippen molar-refractivity contribution in [1.82, 2.24) is 9.97 Å². The van der Waals surface area contributed by atoms with Crippen LogP contribution >= 0.6 is 11.9 Å². The number of carbonyl (C=O) groups is 1. The van der Waals surface area contributed by atoms with Gasteiger partial charge in [0.2, 0.25) is 5.95 Å². The standard InChI is InChI=1S/C15H16N4O2S/c1-10(2)21-11-5-6-13-12(9-11)18(3)15(20)19(22-13)14-16-7-4-8-17-14/h4-10H,1-3H3. The molecule has 1 aliphatic heterocycles. The molecule has 0 N–H and O–H groups in total. The highest BCUT2D eigenvalue weighted by Crippen LogP contribution is 2.41. The Morgan fingerprint density at radius 1 is 1.23 bits per heavy atom. The van der Waals surface area contributed by atoms with Crippen molar-refractivity contribution in [3.8, 4) is 5.75 Å². The predicted octanol–water partition coefficient (Wildman–Crippen LogP) is 3.35. The van der Waals surface area contributed by atoms with E-state index in [9.17, 15) is 4.79 Å². The van der Waals surface area contributed by atoms with Crippen LogP contribution in [0.2, 0.25) is 0 Å². The summed E-state index contributed by atoms with van der Waals surface area (Å²) in [5.74, 6) is 1.12.